The summed E-state index contributed by atoms with van der Waals surface area (Å²) in [5, 5.41) is 0. The van der Waals surface area contributed by atoms with E-state index in [0.717, 1.165) is 30.3 Å². The molecule has 1 fully saturated rings. The average Bonchev–Trinajstić information content (AvgIpc) is 2.57. The van der Waals surface area contributed by atoms with Gasteiger partial charge in [-0.05, 0) is 38.0 Å². The summed E-state index contributed by atoms with van der Waals surface area (Å²) >= 11 is 0. The minimum Gasteiger partial charge on any atom is -0.377 e. The predicted molar refractivity (Wildman–Crippen MR) is 90.8 cm³/mol. The molecule has 0 bridgehead atoms. The van der Waals surface area contributed by atoms with Crippen molar-refractivity contribution in [3.63, 3.8) is 0 Å². The van der Waals surface area contributed by atoms with Gasteiger partial charge in [-0.3, -0.25) is 0 Å². The Kier molecular flexibility index (Phi) is 7.86. The van der Waals surface area contributed by atoms with Crippen molar-refractivity contribution >= 4 is 0 Å². The summed E-state index contributed by atoms with van der Waals surface area (Å²) in [6.45, 7) is 5.85. The lowest BCUT2D eigenvalue weighted by Gasteiger charge is -2.27. The molecule has 0 aromatic carbocycles. The summed E-state index contributed by atoms with van der Waals surface area (Å²) in [4.78, 5) is 9.18. The molecule has 124 valence electrons. The van der Waals surface area contributed by atoms with Crippen molar-refractivity contribution in [1.29, 1.82) is 0 Å². The molecule has 0 atom stereocenters. The summed E-state index contributed by atoms with van der Waals surface area (Å²) in [7, 11) is 0. The molecule has 0 amide bonds. The van der Waals surface area contributed by atoms with Crippen LogP contribution in [0.5, 0.6) is 0 Å². The highest BCUT2D eigenvalue weighted by molar-refractivity contribution is 5.07. The molecular formula is C19H32N2O. The first-order valence-electron chi connectivity index (χ1n) is 9.22. The summed E-state index contributed by atoms with van der Waals surface area (Å²) in [5.41, 5.74) is 1.09. The molecule has 0 aliphatic heterocycles. The average molecular weight is 304 g/mol. The first kappa shape index (κ1) is 17.4. The van der Waals surface area contributed by atoms with E-state index in [1.807, 2.05) is 12.4 Å². The Morgan fingerprint density at radius 3 is 2.36 bits per heavy atom. The number of rotatable bonds is 9. The molecule has 1 saturated carbocycles. The molecule has 0 spiro atoms. The van der Waals surface area contributed by atoms with Crippen LogP contribution in [0.15, 0.2) is 12.4 Å². The smallest absolute Gasteiger partial charge is 0.131 e. The molecule has 0 unspecified atom stereocenters. The second kappa shape index (κ2) is 9.94. The highest BCUT2D eigenvalue weighted by atomic mass is 16.5. The second-order valence-corrected chi connectivity index (χ2v) is 6.72. The topological polar surface area (TPSA) is 35.0 Å². The molecule has 1 aliphatic rings. The first-order chi connectivity index (χ1) is 10.8. The van der Waals surface area contributed by atoms with Crippen LogP contribution in [0.4, 0.5) is 0 Å². The monoisotopic (exact) mass is 304 g/mol. The van der Waals surface area contributed by atoms with Gasteiger partial charge < -0.3 is 4.74 Å². The number of hydrogen-bond donors (Lipinski definition) is 0. The van der Waals surface area contributed by atoms with E-state index in [2.05, 4.69) is 23.8 Å². The Hall–Kier alpha value is -0.960. The zero-order valence-corrected chi connectivity index (χ0v) is 14.4. The largest absolute Gasteiger partial charge is 0.377 e. The quantitative estimate of drug-likeness (QED) is 0.584. The van der Waals surface area contributed by atoms with Crippen LogP contribution in [0.2, 0.25) is 0 Å². The Bertz CT molecular complexity index is 396. The maximum absolute atomic E-state index is 5.53. The van der Waals surface area contributed by atoms with Gasteiger partial charge in [0.2, 0.25) is 0 Å². The number of hydrogen-bond acceptors (Lipinski definition) is 3. The molecule has 0 saturated heterocycles. The lowest BCUT2D eigenvalue weighted by molar-refractivity contribution is 0.121. The lowest BCUT2D eigenvalue weighted by Crippen LogP contribution is -2.15. The van der Waals surface area contributed by atoms with E-state index in [4.69, 9.17) is 4.74 Å². The van der Waals surface area contributed by atoms with Gasteiger partial charge in [-0.15, -0.1) is 0 Å². The zero-order chi connectivity index (χ0) is 15.6. The van der Waals surface area contributed by atoms with Gasteiger partial charge in [0.15, 0.2) is 0 Å². The molecule has 22 heavy (non-hydrogen) atoms. The molecule has 1 aromatic heterocycles. The fourth-order valence-corrected chi connectivity index (χ4v) is 3.38. The van der Waals surface area contributed by atoms with Gasteiger partial charge in [-0.1, -0.05) is 39.5 Å². The normalized spacial score (nSPS) is 21.9. The van der Waals surface area contributed by atoms with Crippen molar-refractivity contribution in [3.05, 3.63) is 23.8 Å². The van der Waals surface area contributed by atoms with Gasteiger partial charge in [0, 0.05) is 30.5 Å². The van der Waals surface area contributed by atoms with Crippen molar-refractivity contribution in [2.45, 2.75) is 84.2 Å². The Labute approximate surface area is 135 Å². The third kappa shape index (κ3) is 5.68. The minimum absolute atomic E-state index is 0.577. The van der Waals surface area contributed by atoms with E-state index in [-0.39, 0.29) is 0 Å². The minimum atomic E-state index is 0.577. The molecule has 3 heteroatoms. The van der Waals surface area contributed by atoms with Crippen LogP contribution in [-0.4, -0.2) is 16.6 Å². The van der Waals surface area contributed by atoms with Gasteiger partial charge in [0.1, 0.15) is 5.82 Å². The second-order valence-electron chi connectivity index (χ2n) is 6.72. The molecule has 0 N–H and O–H groups in total. The van der Waals surface area contributed by atoms with E-state index in [0.29, 0.717) is 12.5 Å². The van der Waals surface area contributed by atoms with E-state index in [9.17, 15) is 0 Å². The third-order valence-electron chi connectivity index (χ3n) is 4.77. The van der Waals surface area contributed by atoms with Crippen molar-refractivity contribution in [2.75, 3.05) is 6.61 Å². The summed E-state index contributed by atoms with van der Waals surface area (Å²) in [6, 6.07) is 0. The SMILES string of the molecule is CCCCCC1CCC(c2ncc(COCCC)cn2)CC1. The Morgan fingerprint density at radius 2 is 1.73 bits per heavy atom. The standard InChI is InChI=1S/C19H32N2O/c1-3-5-6-7-16-8-10-18(11-9-16)19-20-13-17(14-21-19)15-22-12-4-2/h13-14,16,18H,3-12,15H2,1-2H3. The van der Waals surface area contributed by atoms with Crippen molar-refractivity contribution in [1.82, 2.24) is 9.97 Å². The lowest BCUT2D eigenvalue weighted by atomic mass is 9.79. The first-order valence-corrected chi connectivity index (χ1v) is 9.22. The molecule has 1 heterocycles. The van der Waals surface area contributed by atoms with Crippen LogP contribution in [0.3, 0.4) is 0 Å². The van der Waals surface area contributed by atoms with Crippen molar-refractivity contribution < 1.29 is 4.74 Å². The molecule has 2 rings (SSSR count). The molecular weight excluding hydrogens is 272 g/mol. The maximum atomic E-state index is 5.53. The van der Waals surface area contributed by atoms with E-state index < -0.39 is 0 Å². The van der Waals surface area contributed by atoms with Crippen molar-refractivity contribution in [2.24, 2.45) is 5.92 Å². The number of ether oxygens (including phenoxy) is 1. The van der Waals surface area contributed by atoms with Gasteiger partial charge in [0.05, 0.1) is 6.61 Å². The summed E-state index contributed by atoms with van der Waals surface area (Å²) in [5.74, 6) is 2.57. The highest BCUT2D eigenvalue weighted by Gasteiger charge is 2.23. The maximum Gasteiger partial charge on any atom is 0.131 e. The van der Waals surface area contributed by atoms with E-state index in [1.54, 1.807) is 0 Å². The predicted octanol–water partition coefficient (Wildman–Crippen LogP) is 5.26. The van der Waals surface area contributed by atoms with Crippen LogP contribution in [0.25, 0.3) is 0 Å². The molecule has 3 nitrogen and oxygen atoms in total. The fraction of sp³-hybridized carbons (Fsp3) is 0.789. The van der Waals surface area contributed by atoms with Gasteiger partial charge >= 0.3 is 0 Å². The Balaban J connectivity index is 1.74. The van der Waals surface area contributed by atoms with Gasteiger partial charge in [0.25, 0.3) is 0 Å². The number of aromatic nitrogens is 2. The molecule has 1 aromatic rings. The molecule has 0 radical (unpaired) electrons. The number of nitrogens with zero attached hydrogens (tertiary/aromatic N) is 2. The summed E-state index contributed by atoms with van der Waals surface area (Å²) < 4.78 is 5.53. The fourth-order valence-electron chi connectivity index (χ4n) is 3.38. The van der Waals surface area contributed by atoms with Crippen LogP contribution in [0.1, 0.15) is 88.9 Å². The zero-order valence-electron chi connectivity index (χ0n) is 14.4. The summed E-state index contributed by atoms with van der Waals surface area (Å²) in [6.07, 6.45) is 15.8. The molecule has 1 aliphatic carbocycles. The van der Waals surface area contributed by atoms with Crippen molar-refractivity contribution in [3.8, 4) is 0 Å². The van der Waals surface area contributed by atoms with E-state index >= 15 is 0 Å². The van der Waals surface area contributed by atoms with Crippen LogP contribution in [-0.2, 0) is 11.3 Å². The third-order valence-corrected chi connectivity index (χ3v) is 4.77. The van der Waals surface area contributed by atoms with Crippen LogP contribution < -0.4 is 0 Å². The highest BCUT2D eigenvalue weighted by Crippen LogP contribution is 2.36. The van der Waals surface area contributed by atoms with Crippen LogP contribution in [0, 0.1) is 5.92 Å². The Morgan fingerprint density at radius 1 is 1.00 bits per heavy atom. The van der Waals surface area contributed by atoms with Gasteiger partial charge in [-0.2, -0.15) is 0 Å². The van der Waals surface area contributed by atoms with Crippen LogP contribution >= 0.6 is 0 Å². The number of unbranched alkanes of at least 4 members (excludes halogenated alkanes) is 2. The van der Waals surface area contributed by atoms with E-state index in [1.165, 1.54) is 51.4 Å². The van der Waals surface area contributed by atoms with Gasteiger partial charge in [-0.25, -0.2) is 9.97 Å².